The highest BCUT2D eigenvalue weighted by molar-refractivity contribution is 5.77. The van der Waals surface area contributed by atoms with Crippen LogP contribution in [0.3, 0.4) is 0 Å². The second-order valence-corrected chi connectivity index (χ2v) is 4.83. The van der Waals surface area contributed by atoms with Crippen LogP contribution < -0.4 is 5.32 Å². The lowest BCUT2D eigenvalue weighted by Crippen LogP contribution is -2.31. The van der Waals surface area contributed by atoms with Gasteiger partial charge in [-0.15, -0.1) is 0 Å². The van der Waals surface area contributed by atoms with E-state index in [-0.39, 0.29) is 17.9 Å². The van der Waals surface area contributed by atoms with Crippen LogP contribution in [0.1, 0.15) is 18.0 Å². The molecule has 0 aliphatic carbocycles. The van der Waals surface area contributed by atoms with Gasteiger partial charge in [-0.05, 0) is 26.1 Å². The Hall–Kier alpha value is -1.62. The summed E-state index contributed by atoms with van der Waals surface area (Å²) in [5.41, 5.74) is 0.592. The van der Waals surface area contributed by atoms with E-state index in [4.69, 9.17) is 0 Å². The van der Waals surface area contributed by atoms with Crippen LogP contribution in [0.15, 0.2) is 24.3 Å². The second kappa shape index (κ2) is 6.02. The number of rotatable bonds is 5. The van der Waals surface area contributed by atoms with Crippen molar-refractivity contribution in [3.8, 4) is 0 Å². The fraction of sp³-hybridized carbons (Fsp3) is 0.500. The lowest BCUT2D eigenvalue weighted by molar-refractivity contribution is 0.195. The summed E-state index contributed by atoms with van der Waals surface area (Å²) in [5.74, 6) is -0.246. The van der Waals surface area contributed by atoms with E-state index >= 15 is 0 Å². The van der Waals surface area contributed by atoms with Crippen molar-refractivity contribution in [3.63, 3.8) is 0 Å². The standard InChI is InChI=1S/C14H20FN3O/c1-16-8-5-9-18-10-13(17(2)14(18)19)11-6-3-4-7-12(11)15/h3-4,6-7,13,16H,5,8-10H2,1-2H3. The molecule has 0 aromatic heterocycles. The third kappa shape index (κ3) is 2.87. The number of carbonyl (C=O) groups is 1. The van der Waals surface area contributed by atoms with Crippen molar-refractivity contribution in [1.82, 2.24) is 15.1 Å². The lowest BCUT2D eigenvalue weighted by atomic mass is 10.1. The Kier molecular flexibility index (Phi) is 4.37. The minimum Gasteiger partial charge on any atom is -0.322 e. The van der Waals surface area contributed by atoms with E-state index in [1.807, 2.05) is 7.05 Å². The van der Waals surface area contributed by atoms with Gasteiger partial charge in [0.2, 0.25) is 0 Å². The molecule has 1 fully saturated rings. The molecule has 0 bridgehead atoms. The molecule has 1 saturated heterocycles. The van der Waals surface area contributed by atoms with Gasteiger partial charge < -0.3 is 15.1 Å². The largest absolute Gasteiger partial charge is 0.322 e. The van der Waals surface area contributed by atoms with Gasteiger partial charge >= 0.3 is 6.03 Å². The van der Waals surface area contributed by atoms with Crippen LogP contribution in [-0.4, -0.2) is 49.6 Å². The highest BCUT2D eigenvalue weighted by atomic mass is 19.1. The smallest absolute Gasteiger partial charge is 0.320 e. The van der Waals surface area contributed by atoms with Crippen LogP contribution in [0.2, 0.25) is 0 Å². The number of nitrogens with one attached hydrogen (secondary N) is 1. The number of hydrogen-bond donors (Lipinski definition) is 1. The topological polar surface area (TPSA) is 35.6 Å². The molecule has 1 aliphatic rings. The van der Waals surface area contributed by atoms with E-state index in [9.17, 15) is 9.18 Å². The van der Waals surface area contributed by atoms with Crippen LogP contribution in [0.4, 0.5) is 9.18 Å². The minimum absolute atomic E-state index is 0.0237. The zero-order valence-corrected chi connectivity index (χ0v) is 11.4. The first-order valence-corrected chi connectivity index (χ1v) is 6.56. The van der Waals surface area contributed by atoms with Gasteiger partial charge in [-0.1, -0.05) is 18.2 Å². The maximum absolute atomic E-state index is 13.8. The van der Waals surface area contributed by atoms with Crippen LogP contribution in [0.5, 0.6) is 0 Å². The van der Waals surface area contributed by atoms with Crippen LogP contribution >= 0.6 is 0 Å². The Bertz CT molecular complexity index is 452. The summed E-state index contributed by atoms with van der Waals surface area (Å²) in [5, 5.41) is 3.06. The van der Waals surface area contributed by atoms with E-state index in [2.05, 4.69) is 5.32 Å². The molecule has 2 amide bonds. The van der Waals surface area contributed by atoms with Crippen molar-refractivity contribution >= 4 is 6.03 Å². The van der Waals surface area contributed by atoms with E-state index in [0.717, 1.165) is 13.0 Å². The summed E-state index contributed by atoms with van der Waals surface area (Å²) < 4.78 is 13.8. The summed E-state index contributed by atoms with van der Waals surface area (Å²) in [7, 11) is 3.62. The number of urea groups is 1. The van der Waals surface area contributed by atoms with Gasteiger partial charge in [0.15, 0.2) is 0 Å². The molecule has 1 aromatic carbocycles. The summed E-state index contributed by atoms with van der Waals surface area (Å²) in [6.07, 6.45) is 0.903. The first kappa shape index (κ1) is 13.8. The summed E-state index contributed by atoms with van der Waals surface area (Å²) in [6.45, 7) is 2.13. The van der Waals surface area contributed by atoms with Crippen molar-refractivity contribution in [1.29, 1.82) is 0 Å². The molecule has 5 heteroatoms. The Morgan fingerprint density at radius 3 is 2.84 bits per heavy atom. The number of likely N-dealkylation sites (N-methyl/N-ethyl adjacent to an activating group) is 1. The average Bonchev–Trinajstić information content (AvgIpc) is 2.68. The fourth-order valence-corrected chi connectivity index (χ4v) is 2.45. The van der Waals surface area contributed by atoms with Crippen molar-refractivity contribution < 1.29 is 9.18 Å². The van der Waals surface area contributed by atoms with Gasteiger partial charge in [0.25, 0.3) is 0 Å². The predicted molar refractivity (Wildman–Crippen MR) is 72.4 cm³/mol. The maximum Gasteiger partial charge on any atom is 0.320 e. The Balaban J connectivity index is 2.08. The predicted octanol–water partition coefficient (Wildman–Crippen LogP) is 1.84. The van der Waals surface area contributed by atoms with Gasteiger partial charge in [-0.25, -0.2) is 9.18 Å². The van der Waals surface area contributed by atoms with E-state index < -0.39 is 0 Å². The molecule has 0 radical (unpaired) electrons. The molecule has 1 heterocycles. The van der Waals surface area contributed by atoms with Crippen molar-refractivity contribution in [3.05, 3.63) is 35.6 Å². The molecule has 1 atom stereocenters. The lowest BCUT2D eigenvalue weighted by Gasteiger charge is -2.18. The molecular weight excluding hydrogens is 245 g/mol. The van der Waals surface area contributed by atoms with Gasteiger partial charge in [-0.2, -0.15) is 0 Å². The normalized spacial score (nSPS) is 19.3. The van der Waals surface area contributed by atoms with Crippen molar-refractivity contribution in [2.45, 2.75) is 12.5 Å². The quantitative estimate of drug-likeness (QED) is 0.825. The number of carbonyl (C=O) groups excluding carboxylic acids is 1. The minimum atomic E-state index is -0.246. The maximum atomic E-state index is 13.8. The highest BCUT2D eigenvalue weighted by Gasteiger charge is 2.36. The Morgan fingerprint density at radius 1 is 1.42 bits per heavy atom. The van der Waals surface area contributed by atoms with Crippen molar-refractivity contribution in [2.24, 2.45) is 0 Å². The third-order valence-electron chi connectivity index (χ3n) is 3.55. The third-order valence-corrected chi connectivity index (χ3v) is 3.55. The monoisotopic (exact) mass is 265 g/mol. The summed E-state index contributed by atoms with van der Waals surface area (Å²) in [6, 6.07) is 6.45. The molecule has 104 valence electrons. The molecule has 2 rings (SSSR count). The average molecular weight is 265 g/mol. The SMILES string of the molecule is CNCCCN1CC(c2ccccc2F)N(C)C1=O. The molecule has 0 spiro atoms. The van der Waals surface area contributed by atoms with E-state index in [0.29, 0.717) is 18.7 Å². The molecule has 0 saturated carbocycles. The molecular formula is C14H20FN3O. The molecule has 1 aromatic rings. The Morgan fingerprint density at radius 2 is 2.16 bits per heavy atom. The molecule has 1 aliphatic heterocycles. The number of halogens is 1. The zero-order valence-electron chi connectivity index (χ0n) is 11.4. The Labute approximate surface area is 113 Å². The zero-order chi connectivity index (χ0) is 13.8. The van der Waals surface area contributed by atoms with Crippen molar-refractivity contribution in [2.75, 3.05) is 33.7 Å². The number of hydrogen-bond acceptors (Lipinski definition) is 2. The number of amides is 2. The number of benzene rings is 1. The summed E-state index contributed by atoms with van der Waals surface area (Å²) in [4.78, 5) is 15.5. The summed E-state index contributed by atoms with van der Waals surface area (Å²) >= 11 is 0. The van der Waals surface area contributed by atoms with E-state index in [1.54, 1.807) is 35.0 Å². The van der Waals surface area contributed by atoms with Gasteiger partial charge in [0.05, 0.1) is 6.04 Å². The van der Waals surface area contributed by atoms with Gasteiger partial charge in [-0.3, -0.25) is 0 Å². The van der Waals surface area contributed by atoms with Gasteiger partial charge in [0, 0.05) is 25.7 Å². The second-order valence-electron chi connectivity index (χ2n) is 4.83. The highest BCUT2D eigenvalue weighted by Crippen LogP contribution is 2.29. The first-order valence-electron chi connectivity index (χ1n) is 6.56. The molecule has 1 unspecified atom stereocenters. The molecule has 4 nitrogen and oxygen atoms in total. The van der Waals surface area contributed by atoms with Crippen LogP contribution in [-0.2, 0) is 0 Å². The molecule has 19 heavy (non-hydrogen) atoms. The van der Waals surface area contributed by atoms with E-state index in [1.165, 1.54) is 6.07 Å². The van der Waals surface area contributed by atoms with Crippen LogP contribution in [0.25, 0.3) is 0 Å². The van der Waals surface area contributed by atoms with Gasteiger partial charge in [0.1, 0.15) is 5.82 Å². The fourth-order valence-electron chi connectivity index (χ4n) is 2.45. The van der Waals surface area contributed by atoms with Crippen LogP contribution in [0, 0.1) is 5.82 Å². The number of nitrogens with zero attached hydrogens (tertiary/aromatic N) is 2. The first-order chi connectivity index (χ1) is 9.15. The molecule has 1 N–H and O–H groups in total.